The van der Waals surface area contributed by atoms with Crippen LogP contribution in [0.5, 0.6) is 0 Å². The molecule has 0 aliphatic heterocycles. The highest BCUT2D eigenvalue weighted by Crippen LogP contribution is 2.23. The van der Waals surface area contributed by atoms with E-state index in [-0.39, 0.29) is 11.7 Å². The normalized spacial score (nSPS) is 16.9. The predicted molar refractivity (Wildman–Crippen MR) is 63.5 cm³/mol. The lowest BCUT2D eigenvalue weighted by Crippen LogP contribution is -2.31. The third kappa shape index (κ3) is 2.80. The summed E-state index contributed by atoms with van der Waals surface area (Å²) in [6.45, 7) is 5.67. The second kappa shape index (κ2) is 5.41. The van der Waals surface area contributed by atoms with Gasteiger partial charge in [-0.3, -0.25) is 0 Å². The summed E-state index contributed by atoms with van der Waals surface area (Å²) in [5, 5.41) is 9.98. The van der Waals surface area contributed by atoms with Gasteiger partial charge in [0.15, 0.2) is 0 Å². The average Bonchev–Trinajstić information content (AvgIpc) is 2.29. The van der Waals surface area contributed by atoms with Gasteiger partial charge in [0.1, 0.15) is 5.82 Å². The first kappa shape index (κ1) is 13.1. The van der Waals surface area contributed by atoms with Gasteiger partial charge in [0.2, 0.25) is 0 Å². The first-order valence-corrected chi connectivity index (χ1v) is 5.67. The Labute approximate surface area is 96.3 Å². The van der Waals surface area contributed by atoms with Gasteiger partial charge in [-0.05, 0) is 30.0 Å². The quantitative estimate of drug-likeness (QED) is 0.827. The molecular weight excluding hydrogens is 205 g/mol. The summed E-state index contributed by atoms with van der Waals surface area (Å²) in [5.74, 6) is -0.102. The van der Waals surface area contributed by atoms with Crippen molar-refractivity contribution < 1.29 is 9.50 Å². The van der Waals surface area contributed by atoms with Crippen LogP contribution >= 0.6 is 0 Å². The van der Waals surface area contributed by atoms with Gasteiger partial charge in [-0.25, -0.2) is 4.39 Å². The molecule has 3 heteroatoms. The van der Waals surface area contributed by atoms with Gasteiger partial charge in [-0.15, -0.1) is 0 Å². The molecule has 0 amide bonds. The van der Waals surface area contributed by atoms with Crippen molar-refractivity contribution in [3.05, 3.63) is 35.1 Å². The Bertz CT molecular complexity index is 354. The monoisotopic (exact) mass is 225 g/mol. The van der Waals surface area contributed by atoms with E-state index in [0.29, 0.717) is 5.56 Å². The van der Waals surface area contributed by atoms with E-state index < -0.39 is 12.1 Å². The second-order valence-electron chi connectivity index (χ2n) is 4.41. The molecule has 90 valence electrons. The maximum absolute atomic E-state index is 13.1. The molecule has 0 saturated carbocycles. The maximum atomic E-state index is 13.1. The van der Waals surface area contributed by atoms with E-state index in [1.165, 1.54) is 6.07 Å². The van der Waals surface area contributed by atoms with Crippen molar-refractivity contribution in [2.45, 2.75) is 39.3 Å². The van der Waals surface area contributed by atoms with Gasteiger partial charge < -0.3 is 10.8 Å². The van der Waals surface area contributed by atoms with E-state index in [4.69, 9.17) is 5.73 Å². The summed E-state index contributed by atoms with van der Waals surface area (Å²) in [5.41, 5.74) is 7.31. The molecule has 1 unspecified atom stereocenters. The molecule has 3 N–H and O–H groups in total. The summed E-state index contributed by atoms with van der Waals surface area (Å²) in [4.78, 5) is 0. The molecule has 0 saturated heterocycles. The van der Waals surface area contributed by atoms with Crippen LogP contribution in [0.25, 0.3) is 0 Å². The molecule has 1 aromatic carbocycles. The maximum Gasteiger partial charge on any atom is 0.126 e. The molecule has 0 radical (unpaired) electrons. The van der Waals surface area contributed by atoms with E-state index >= 15 is 0 Å². The van der Waals surface area contributed by atoms with Gasteiger partial charge in [0.05, 0.1) is 12.1 Å². The fourth-order valence-electron chi connectivity index (χ4n) is 1.67. The average molecular weight is 225 g/mol. The van der Waals surface area contributed by atoms with Crippen LogP contribution in [0.4, 0.5) is 4.39 Å². The topological polar surface area (TPSA) is 46.2 Å². The third-order valence-electron chi connectivity index (χ3n) is 3.16. The summed E-state index contributed by atoms with van der Waals surface area (Å²) < 4.78 is 13.1. The highest BCUT2D eigenvalue weighted by molar-refractivity contribution is 5.27. The van der Waals surface area contributed by atoms with Gasteiger partial charge in [-0.2, -0.15) is 0 Å². The van der Waals surface area contributed by atoms with Gasteiger partial charge in [-0.1, -0.05) is 32.4 Å². The number of halogens is 1. The lowest BCUT2D eigenvalue weighted by molar-refractivity contribution is 0.0879. The Morgan fingerprint density at radius 2 is 2.06 bits per heavy atom. The number of hydrogen-bond donors (Lipinski definition) is 2. The molecule has 0 heterocycles. The van der Waals surface area contributed by atoms with Crippen LogP contribution in [0.3, 0.4) is 0 Å². The molecule has 0 bridgehead atoms. The molecule has 0 spiro atoms. The van der Waals surface area contributed by atoms with Crippen LogP contribution in [-0.2, 0) is 0 Å². The van der Waals surface area contributed by atoms with Gasteiger partial charge in [0, 0.05) is 0 Å². The summed E-state index contributed by atoms with van der Waals surface area (Å²) in [6.07, 6.45) is 0.282. The van der Waals surface area contributed by atoms with Crippen LogP contribution in [0.1, 0.15) is 37.4 Å². The number of nitrogens with two attached hydrogens (primary N) is 1. The van der Waals surface area contributed by atoms with E-state index in [0.717, 1.165) is 12.0 Å². The zero-order valence-corrected chi connectivity index (χ0v) is 10.1. The number of benzene rings is 1. The van der Waals surface area contributed by atoms with E-state index in [1.807, 2.05) is 13.8 Å². The summed E-state index contributed by atoms with van der Waals surface area (Å²) >= 11 is 0. The van der Waals surface area contributed by atoms with Crippen LogP contribution < -0.4 is 5.73 Å². The highest BCUT2D eigenvalue weighted by atomic mass is 19.1. The van der Waals surface area contributed by atoms with Crippen molar-refractivity contribution in [2.75, 3.05) is 0 Å². The zero-order chi connectivity index (χ0) is 12.3. The molecule has 3 atom stereocenters. The molecular formula is C13H20FNO. The fourth-order valence-corrected chi connectivity index (χ4v) is 1.67. The minimum Gasteiger partial charge on any atom is -0.391 e. The number of hydrogen-bond acceptors (Lipinski definition) is 2. The third-order valence-corrected chi connectivity index (χ3v) is 3.16. The van der Waals surface area contributed by atoms with Crippen LogP contribution in [0.15, 0.2) is 18.2 Å². The fraction of sp³-hybridized carbons (Fsp3) is 0.538. The molecule has 1 rings (SSSR count). The Kier molecular flexibility index (Phi) is 4.44. The van der Waals surface area contributed by atoms with Crippen molar-refractivity contribution in [3.63, 3.8) is 0 Å². The number of aliphatic hydroxyl groups excluding tert-OH is 1. The minimum absolute atomic E-state index is 0.139. The lowest BCUT2D eigenvalue weighted by Gasteiger charge is -2.24. The first-order valence-electron chi connectivity index (χ1n) is 5.67. The van der Waals surface area contributed by atoms with E-state index in [1.54, 1.807) is 19.1 Å². The smallest absolute Gasteiger partial charge is 0.126 e. The number of aryl methyl sites for hydroxylation is 1. The molecule has 0 aromatic heterocycles. The summed E-state index contributed by atoms with van der Waals surface area (Å²) in [7, 11) is 0. The van der Waals surface area contributed by atoms with E-state index in [2.05, 4.69) is 0 Å². The van der Waals surface area contributed by atoms with Crippen LogP contribution in [-0.4, -0.2) is 11.2 Å². The molecule has 16 heavy (non-hydrogen) atoms. The van der Waals surface area contributed by atoms with Crippen molar-refractivity contribution in [3.8, 4) is 0 Å². The highest BCUT2D eigenvalue weighted by Gasteiger charge is 2.22. The molecule has 0 aliphatic carbocycles. The molecule has 0 fully saturated rings. The number of aliphatic hydroxyl groups is 1. The van der Waals surface area contributed by atoms with E-state index in [9.17, 15) is 9.50 Å². The summed E-state index contributed by atoms with van der Waals surface area (Å²) in [6, 6.07) is 4.28. The van der Waals surface area contributed by atoms with Crippen LogP contribution in [0, 0.1) is 18.7 Å². The first-order chi connectivity index (χ1) is 7.47. The molecule has 2 nitrogen and oxygen atoms in total. The minimum atomic E-state index is -0.588. The molecule has 1 aromatic rings. The molecule has 0 aliphatic rings. The van der Waals surface area contributed by atoms with Crippen molar-refractivity contribution in [1.82, 2.24) is 0 Å². The predicted octanol–water partition coefficient (Wildman–Crippen LogP) is 2.54. The largest absolute Gasteiger partial charge is 0.391 e. The SMILES string of the molecule is CCC(C)[C@H](O)[C@H](N)c1ccc(F)c(C)c1. The lowest BCUT2D eigenvalue weighted by atomic mass is 9.91. The van der Waals surface area contributed by atoms with Crippen molar-refractivity contribution in [2.24, 2.45) is 11.7 Å². The Balaban J connectivity index is 2.87. The Morgan fingerprint density at radius 3 is 2.56 bits per heavy atom. The van der Waals surface area contributed by atoms with Gasteiger partial charge in [0.25, 0.3) is 0 Å². The standard InChI is InChI=1S/C13H20FNO/c1-4-8(2)13(16)12(15)10-5-6-11(14)9(3)7-10/h5-8,12-13,16H,4,15H2,1-3H3/t8?,12-,13+/m1/s1. The number of rotatable bonds is 4. The zero-order valence-electron chi connectivity index (χ0n) is 10.1. The van der Waals surface area contributed by atoms with Gasteiger partial charge >= 0.3 is 0 Å². The Morgan fingerprint density at radius 1 is 1.44 bits per heavy atom. The Hall–Kier alpha value is -0.930. The second-order valence-corrected chi connectivity index (χ2v) is 4.41. The van der Waals surface area contributed by atoms with Crippen molar-refractivity contribution in [1.29, 1.82) is 0 Å². The van der Waals surface area contributed by atoms with Crippen molar-refractivity contribution >= 4 is 0 Å². The van der Waals surface area contributed by atoms with Crippen LogP contribution in [0.2, 0.25) is 0 Å².